The second-order valence-electron chi connectivity index (χ2n) is 1.62. The molecule has 0 aliphatic rings. The molecule has 0 heterocycles. The van der Waals surface area contributed by atoms with Gasteiger partial charge in [0.25, 0.3) is 0 Å². The Morgan fingerprint density at radius 2 is 1.42 bits per heavy atom. The van der Waals surface area contributed by atoms with Gasteiger partial charge in [-0.05, 0) is 43.5 Å². The Morgan fingerprint density at radius 1 is 0.917 bits per heavy atom. The van der Waals surface area contributed by atoms with Crippen molar-refractivity contribution >= 4 is 6.71 Å². The summed E-state index contributed by atoms with van der Waals surface area (Å²) in [6, 6.07) is 0. The molecule has 0 rings (SSSR count). The van der Waals surface area contributed by atoms with Crippen LogP contribution in [0.4, 0.5) is 0 Å². The molecule has 0 nitrogen and oxygen atoms in total. The second-order valence-corrected chi connectivity index (χ2v) is 1.62. The average molecular weight is 146 g/mol. The van der Waals surface area contributed by atoms with Gasteiger partial charge in [-0.2, -0.15) is 0 Å². The van der Waals surface area contributed by atoms with Gasteiger partial charge in [0.2, 0.25) is 0 Å². The van der Waals surface area contributed by atoms with Gasteiger partial charge >= 0.3 is 6.71 Å². The highest BCUT2D eigenvalue weighted by atomic mass is 13.5. The van der Waals surface area contributed by atoms with Gasteiger partial charge in [-0.15, -0.1) is 23.4 Å². The molecular weight excluding hydrogens is 143 g/mol. The largest absolute Gasteiger partial charge is 0.397 e. The Balaban J connectivity index is 4.57. The summed E-state index contributed by atoms with van der Waals surface area (Å²) in [4.78, 5) is 0. The van der Waals surface area contributed by atoms with E-state index in [0.29, 0.717) is 0 Å². The third-order valence-electron chi connectivity index (χ3n) is 0.847. The first-order valence-electron chi connectivity index (χ1n) is 3.12. The Hall–Kier alpha value is -2.14. The second kappa shape index (κ2) is 6.98. The zero-order valence-corrected chi connectivity index (χ0v) is 6.58. The van der Waals surface area contributed by atoms with E-state index in [0.717, 1.165) is 0 Å². The fraction of sp³-hybridized carbons (Fsp3) is 0.0909. The van der Waals surface area contributed by atoms with Crippen LogP contribution < -0.4 is 0 Å². The highest BCUT2D eigenvalue weighted by Crippen LogP contribution is 1.74. The van der Waals surface area contributed by atoms with Crippen molar-refractivity contribution < 1.29 is 0 Å². The molecule has 0 saturated carbocycles. The molecule has 0 amide bonds. The molecule has 0 unspecified atom stereocenters. The fourth-order valence-electron chi connectivity index (χ4n) is 0.469. The number of hydrogen-bond acceptors (Lipinski definition) is 0. The van der Waals surface area contributed by atoms with Crippen molar-refractivity contribution in [3.05, 3.63) is 12.8 Å². The molecule has 0 aromatic carbocycles. The van der Waals surface area contributed by atoms with Crippen molar-refractivity contribution in [2.45, 2.75) is 6.92 Å². The highest BCUT2D eigenvalue weighted by Gasteiger charge is 1.99. The first kappa shape index (κ1) is 9.86. The summed E-state index contributed by atoms with van der Waals surface area (Å²) in [7, 11) is 0. The monoisotopic (exact) mass is 146 g/mol. The Bertz CT molecular complexity index is 364. The minimum Gasteiger partial charge on any atom is -0.121 e. The van der Waals surface area contributed by atoms with E-state index in [1.807, 2.05) is 11.8 Å². The SMILES string of the molecule is [C]#CC#CB(C#CC)C#CC#[C]. The van der Waals surface area contributed by atoms with E-state index >= 15 is 0 Å². The van der Waals surface area contributed by atoms with Crippen LogP contribution in [0.25, 0.3) is 0 Å². The van der Waals surface area contributed by atoms with Gasteiger partial charge in [-0.3, -0.25) is 0 Å². The Kier molecular flexibility index (Phi) is 5.74. The highest BCUT2D eigenvalue weighted by molar-refractivity contribution is 6.82. The van der Waals surface area contributed by atoms with Crippen molar-refractivity contribution in [1.82, 2.24) is 0 Å². The van der Waals surface area contributed by atoms with Crippen LogP contribution in [0.2, 0.25) is 0 Å². The van der Waals surface area contributed by atoms with Crippen LogP contribution in [0.15, 0.2) is 0 Å². The lowest BCUT2D eigenvalue weighted by Gasteiger charge is -1.78. The summed E-state index contributed by atoms with van der Waals surface area (Å²) in [5.41, 5.74) is 0. The van der Waals surface area contributed by atoms with E-state index in [4.69, 9.17) is 12.8 Å². The van der Waals surface area contributed by atoms with E-state index in [-0.39, 0.29) is 0 Å². The molecular formula is C11H3B. The molecule has 1 heteroatoms. The Morgan fingerprint density at radius 3 is 1.75 bits per heavy atom. The van der Waals surface area contributed by atoms with Gasteiger partial charge in [-0.1, -0.05) is 0 Å². The molecule has 50 valence electrons. The first-order valence-corrected chi connectivity index (χ1v) is 3.12. The summed E-state index contributed by atoms with van der Waals surface area (Å²) in [6.07, 6.45) is 13.1. The molecule has 0 saturated heterocycles. The van der Waals surface area contributed by atoms with Crippen LogP contribution >= 0.6 is 0 Å². The number of hydrogen-bond donors (Lipinski definition) is 0. The van der Waals surface area contributed by atoms with Crippen LogP contribution in [-0.4, -0.2) is 6.71 Å². The maximum Gasteiger partial charge on any atom is 0.397 e. The van der Waals surface area contributed by atoms with Gasteiger partial charge in [0.15, 0.2) is 0 Å². The molecule has 0 bridgehead atoms. The standard InChI is InChI=1S/C11H3B/c1-4-7-10-12(9-6-3)11-8-5-2/h3H3. The van der Waals surface area contributed by atoms with Crippen molar-refractivity contribution in [3.8, 4) is 47.1 Å². The Labute approximate surface area is 74.2 Å². The first-order chi connectivity index (χ1) is 5.85. The minimum absolute atomic E-state index is 0.411. The van der Waals surface area contributed by atoms with E-state index in [9.17, 15) is 0 Å². The van der Waals surface area contributed by atoms with E-state index in [1.165, 1.54) is 0 Å². The van der Waals surface area contributed by atoms with Crippen LogP contribution in [0.3, 0.4) is 0 Å². The smallest absolute Gasteiger partial charge is 0.121 e. The van der Waals surface area contributed by atoms with Crippen LogP contribution in [0, 0.1) is 59.9 Å². The van der Waals surface area contributed by atoms with Crippen molar-refractivity contribution in [2.24, 2.45) is 0 Å². The summed E-state index contributed by atoms with van der Waals surface area (Å²) >= 11 is 0. The van der Waals surface area contributed by atoms with Gasteiger partial charge in [0, 0.05) is 0 Å². The lowest BCUT2D eigenvalue weighted by atomic mass is 9.52. The van der Waals surface area contributed by atoms with Crippen LogP contribution in [-0.2, 0) is 0 Å². The summed E-state index contributed by atoms with van der Waals surface area (Å²) < 4.78 is 0. The number of rotatable bonds is 0. The fourth-order valence-corrected chi connectivity index (χ4v) is 0.469. The summed E-state index contributed by atoms with van der Waals surface area (Å²) in [5.74, 6) is 19.0. The molecule has 12 heavy (non-hydrogen) atoms. The normalized spacial score (nSPS) is 4.58. The third kappa shape index (κ3) is 4.72. The molecule has 2 radical (unpaired) electrons. The predicted octanol–water partition coefficient (Wildman–Crippen LogP) is 0.308. The summed E-state index contributed by atoms with van der Waals surface area (Å²) in [6.45, 7) is 1.27. The van der Waals surface area contributed by atoms with Gasteiger partial charge < -0.3 is 0 Å². The van der Waals surface area contributed by atoms with Crippen molar-refractivity contribution in [3.63, 3.8) is 0 Å². The maximum atomic E-state index is 6.53. The average Bonchev–Trinajstić information content (AvgIpc) is 2.10. The lowest BCUT2D eigenvalue weighted by molar-refractivity contribution is 1.93. The molecule has 0 atom stereocenters. The van der Waals surface area contributed by atoms with Gasteiger partial charge in [0.1, 0.15) is 0 Å². The molecule has 0 fully saturated rings. The molecule has 0 aliphatic heterocycles. The third-order valence-corrected chi connectivity index (χ3v) is 0.847. The lowest BCUT2D eigenvalue weighted by Crippen LogP contribution is -2.03. The molecule has 0 aromatic heterocycles. The zero-order chi connectivity index (χ0) is 9.23. The topological polar surface area (TPSA) is 0 Å². The van der Waals surface area contributed by atoms with E-state index in [1.54, 1.807) is 6.92 Å². The maximum absolute atomic E-state index is 6.53. The quantitative estimate of drug-likeness (QED) is 0.340. The van der Waals surface area contributed by atoms with E-state index in [2.05, 4.69) is 35.2 Å². The molecule has 0 N–H and O–H groups in total. The minimum atomic E-state index is -0.411. The predicted molar refractivity (Wildman–Crippen MR) is 49.0 cm³/mol. The van der Waals surface area contributed by atoms with Crippen molar-refractivity contribution in [2.75, 3.05) is 0 Å². The van der Waals surface area contributed by atoms with Gasteiger partial charge in [-0.25, -0.2) is 0 Å². The van der Waals surface area contributed by atoms with Crippen LogP contribution in [0.1, 0.15) is 6.92 Å². The molecule has 0 aliphatic carbocycles. The molecule has 0 spiro atoms. The molecule has 0 aromatic rings. The van der Waals surface area contributed by atoms with Gasteiger partial charge in [0.05, 0.1) is 0 Å². The zero-order valence-electron chi connectivity index (χ0n) is 6.58. The van der Waals surface area contributed by atoms with E-state index < -0.39 is 6.71 Å². The van der Waals surface area contributed by atoms with Crippen molar-refractivity contribution in [1.29, 1.82) is 0 Å². The van der Waals surface area contributed by atoms with Crippen LogP contribution in [0.5, 0.6) is 0 Å². The summed E-state index contributed by atoms with van der Waals surface area (Å²) in [5, 5.41) is 0.